The Hall–Kier alpha value is -1.30. The minimum absolute atomic E-state index is 0.000137. The van der Waals surface area contributed by atoms with Crippen LogP contribution >= 0.6 is 11.3 Å². The van der Waals surface area contributed by atoms with E-state index < -0.39 is 20.0 Å². The number of rotatable bonds is 9. The van der Waals surface area contributed by atoms with Gasteiger partial charge in [-0.05, 0) is 73.6 Å². The lowest BCUT2D eigenvalue weighted by Gasteiger charge is -2.24. The van der Waals surface area contributed by atoms with Gasteiger partial charge in [-0.1, -0.05) is 0 Å². The summed E-state index contributed by atoms with van der Waals surface area (Å²) in [4.78, 5) is 2.05. The SMILES string of the molecule is CN(C)C(CNS(=O)(=O)c1ccc(S(=O)(=O)NC2CC2)cc1)c1ccsc1. The average molecular weight is 430 g/mol. The van der Waals surface area contributed by atoms with Crippen LogP contribution in [0.3, 0.4) is 0 Å². The van der Waals surface area contributed by atoms with Crippen LogP contribution in [0, 0.1) is 0 Å². The van der Waals surface area contributed by atoms with Crippen molar-refractivity contribution in [3.05, 3.63) is 46.7 Å². The number of benzene rings is 1. The number of hydrogen-bond donors (Lipinski definition) is 2. The number of likely N-dealkylation sites (N-methyl/N-ethyl adjacent to an activating group) is 1. The van der Waals surface area contributed by atoms with Crippen LogP contribution in [0.5, 0.6) is 0 Å². The second-order valence-corrected chi connectivity index (χ2v) is 11.0. The summed E-state index contributed by atoms with van der Waals surface area (Å²) in [5.74, 6) is 0. The van der Waals surface area contributed by atoms with Crippen molar-refractivity contribution in [3.8, 4) is 0 Å². The molecule has 1 atom stereocenters. The molecule has 0 amide bonds. The summed E-state index contributed by atoms with van der Waals surface area (Å²) in [6.07, 6.45) is 1.68. The van der Waals surface area contributed by atoms with E-state index in [0.717, 1.165) is 18.4 Å². The molecule has 1 fully saturated rings. The van der Waals surface area contributed by atoms with E-state index in [4.69, 9.17) is 0 Å². The highest BCUT2D eigenvalue weighted by Gasteiger charge is 2.28. The Balaban J connectivity index is 1.71. The first-order valence-electron chi connectivity index (χ1n) is 8.49. The Kier molecular flexibility index (Phi) is 6.04. The maximum atomic E-state index is 12.6. The van der Waals surface area contributed by atoms with Crippen molar-refractivity contribution in [1.29, 1.82) is 0 Å². The highest BCUT2D eigenvalue weighted by atomic mass is 32.2. The minimum atomic E-state index is -3.74. The molecule has 1 aliphatic carbocycles. The zero-order valence-corrected chi connectivity index (χ0v) is 17.6. The second kappa shape index (κ2) is 7.98. The summed E-state index contributed by atoms with van der Waals surface area (Å²) in [7, 11) is -3.55. The molecule has 2 N–H and O–H groups in total. The highest BCUT2D eigenvalue weighted by molar-refractivity contribution is 7.90. The van der Waals surface area contributed by atoms with Crippen LogP contribution < -0.4 is 9.44 Å². The van der Waals surface area contributed by atoms with Gasteiger partial charge in [-0.15, -0.1) is 0 Å². The molecule has 1 aromatic heterocycles. The number of sulfonamides is 2. The summed E-state index contributed by atoms with van der Waals surface area (Å²) in [5, 5.41) is 3.95. The van der Waals surface area contributed by atoms with E-state index in [1.165, 1.54) is 24.3 Å². The molecular formula is C17H23N3O4S3. The standard InChI is InChI=1S/C17H23N3O4S3/c1-20(2)17(13-9-10-25-12-13)11-18-26(21,22)15-5-7-16(8-6-15)27(23,24)19-14-3-4-14/h5-10,12,14,17-19H,3-4,11H2,1-2H3. The molecule has 0 bridgehead atoms. The fourth-order valence-corrected chi connectivity index (χ4v) is 5.67. The molecule has 0 radical (unpaired) electrons. The van der Waals surface area contributed by atoms with E-state index in [1.54, 1.807) is 11.3 Å². The molecule has 3 rings (SSSR count). The molecule has 10 heteroatoms. The van der Waals surface area contributed by atoms with Crippen LogP contribution in [0.1, 0.15) is 24.4 Å². The molecule has 0 aliphatic heterocycles. The molecule has 1 aromatic carbocycles. The molecule has 1 aliphatic rings. The molecule has 1 unspecified atom stereocenters. The summed E-state index contributed by atoms with van der Waals surface area (Å²) in [6.45, 7) is 0.218. The summed E-state index contributed by atoms with van der Waals surface area (Å²) < 4.78 is 54.7. The van der Waals surface area contributed by atoms with E-state index in [-0.39, 0.29) is 28.4 Å². The van der Waals surface area contributed by atoms with Crippen molar-refractivity contribution in [2.75, 3.05) is 20.6 Å². The predicted molar refractivity (Wildman–Crippen MR) is 106 cm³/mol. The lowest BCUT2D eigenvalue weighted by Crippen LogP contribution is -2.34. The Morgan fingerprint density at radius 2 is 1.63 bits per heavy atom. The van der Waals surface area contributed by atoms with Gasteiger partial charge in [-0.2, -0.15) is 11.3 Å². The molecule has 27 heavy (non-hydrogen) atoms. The van der Waals surface area contributed by atoms with Crippen LogP contribution in [0.15, 0.2) is 50.9 Å². The highest BCUT2D eigenvalue weighted by Crippen LogP contribution is 2.23. The van der Waals surface area contributed by atoms with Crippen molar-refractivity contribution in [2.45, 2.75) is 34.7 Å². The van der Waals surface area contributed by atoms with Gasteiger partial charge in [0.15, 0.2) is 0 Å². The van der Waals surface area contributed by atoms with Gasteiger partial charge >= 0.3 is 0 Å². The number of nitrogens with one attached hydrogen (secondary N) is 2. The lowest BCUT2D eigenvalue weighted by molar-refractivity contribution is 0.300. The monoisotopic (exact) mass is 429 g/mol. The summed E-state index contributed by atoms with van der Waals surface area (Å²) in [5.41, 5.74) is 1.04. The molecular weight excluding hydrogens is 406 g/mol. The van der Waals surface area contributed by atoms with Crippen molar-refractivity contribution >= 4 is 31.4 Å². The van der Waals surface area contributed by atoms with Gasteiger partial charge in [0.1, 0.15) is 0 Å². The smallest absolute Gasteiger partial charge is 0.240 e. The van der Waals surface area contributed by atoms with E-state index in [2.05, 4.69) is 9.44 Å². The topological polar surface area (TPSA) is 95.6 Å². The van der Waals surface area contributed by atoms with Crippen molar-refractivity contribution in [1.82, 2.24) is 14.3 Å². The number of hydrogen-bond acceptors (Lipinski definition) is 6. The first-order chi connectivity index (χ1) is 12.7. The third kappa shape index (κ3) is 5.15. The molecule has 1 saturated carbocycles. The van der Waals surface area contributed by atoms with Crippen molar-refractivity contribution < 1.29 is 16.8 Å². The normalized spacial score (nSPS) is 16.6. The van der Waals surface area contributed by atoms with E-state index in [9.17, 15) is 16.8 Å². The third-order valence-electron chi connectivity index (χ3n) is 4.36. The number of nitrogens with zero attached hydrogens (tertiary/aromatic N) is 1. The van der Waals surface area contributed by atoms with Crippen LogP contribution in [-0.4, -0.2) is 48.4 Å². The molecule has 2 aromatic rings. The molecule has 7 nitrogen and oxygen atoms in total. The van der Waals surface area contributed by atoms with Crippen LogP contribution in [0.2, 0.25) is 0 Å². The van der Waals surface area contributed by atoms with Gasteiger partial charge in [-0.3, -0.25) is 0 Å². The van der Waals surface area contributed by atoms with Crippen molar-refractivity contribution in [3.63, 3.8) is 0 Å². The van der Waals surface area contributed by atoms with Gasteiger partial charge in [-0.25, -0.2) is 26.3 Å². The van der Waals surface area contributed by atoms with E-state index in [1.807, 2.05) is 35.8 Å². The Morgan fingerprint density at radius 1 is 1.04 bits per heavy atom. The van der Waals surface area contributed by atoms with Crippen LogP contribution in [0.25, 0.3) is 0 Å². The Bertz CT molecular complexity index is 965. The van der Waals surface area contributed by atoms with Crippen LogP contribution in [0.4, 0.5) is 0 Å². The van der Waals surface area contributed by atoms with Gasteiger partial charge in [0, 0.05) is 18.6 Å². The maximum Gasteiger partial charge on any atom is 0.240 e. The van der Waals surface area contributed by atoms with Crippen molar-refractivity contribution in [2.24, 2.45) is 0 Å². The summed E-state index contributed by atoms with van der Waals surface area (Å²) >= 11 is 1.56. The second-order valence-electron chi connectivity index (χ2n) is 6.75. The zero-order chi connectivity index (χ0) is 19.7. The van der Waals surface area contributed by atoms with Gasteiger partial charge < -0.3 is 4.90 Å². The van der Waals surface area contributed by atoms with E-state index >= 15 is 0 Å². The lowest BCUT2D eigenvalue weighted by atomic mass is 10.1. The quantitative estimate of drug-likeness (QED) is 0.633. The van der Waals surface area contributed by atoms with Gasteiger partial charge in [0.2, 0.25) is 20.0 Å². The Morgan fingerprint density at radius 3 is 2.11 bits per heavy atom. The van der Waals surface area contributed by atoms with Crippen LogP contribution in [-0.2, 0) is 20.0 Å². The maximum absolute atomic E-state index is 12.6. The summed E-state index contributed by atoms with van der Waals surface area (Å²) in [6, 6.07) is 7.16. The largest absolute Gasteiger partial charge is 0.301 e. The fourth-order valence-electron chi connectivity index (χ4n) is 2.62. The molecule has 0 saturated heterocycles. The predicted octanol–water partition coefficient (Wildman–Crippen LogP) is 1.77. The minimum Gasteiger partial charge on any atom is -0.301 e. The molecule has 1 heterocycles. The third-order valence-corrected chi connectivity index (χ3v) is 8.04. The Labute approximate surface area is 164 Å². The molecule has 148 valence electrons. The zero-order valence-electron chi connectivity index (χ0n) is 15.1. The molecule has 0 spiro atoms. The number of thiophene rings is 1. The fraction of sp³-hybridized carbons (Fsp3) is 0.412. The first kappa shape index (κ1) is 20.4. The van der Waals surface area contributed by atoms with Gasteiger partial charge in [0.25, 0.3) is 0 Å². The van der Waals surface area contributed by atoms with E-state index in [0.29, 0.717) is 0 Å². The van der Waals surface area contributed by atoms with Gasteiger partial charge in [0.05, 0.1) is 9.79 Å². The average Bonchev–Trinajstić information content (AvgIpc) is 3.24. The first-order valence-corrected chi connectivity index (χ1v) is 12.4.